The van der Waals surface area contributed by atoms with Crippen molar-refractivity contribution in [2.45, 2.75) is 32.7 Å². The average Bonchev–Trinajstić information content (AvgIpc) is 3.22. The molecule has 0 radical (unpaired) electrons. The molecular formula is C17H21N3OS2. The van der Waals surface area contributed by atoms with Gasteiger partial charge in [-0.1, -0.05) is 0 Å². The van der Waals surface area contributed by atoms with Gasteiger partial charge in [0.2, 0.25) is 5.91 Å². The quantitative estimate of drug-likeness (QED) is 0.836. The Labute approximate surface area is 144 Å². The summed E-state index contributed by atoms with van der Waals surface area (Å²) in [4.78, 5) is 24.4. The van der Waals surface area contributed by atoms with Gasteiger partial charge in [-0.2, -0.15) is 0 Å². The Kier molecular flexibility index (Phi) is 4.11. The van der Waals surface area contributed by atoms with E-state index in [0.29, 0.717) is 5.91 Å². The molecule has 0 spiro atoms. The van der Waals surface area contributed by atoms with Crippen LogP contribution in [0.3, 0.4) is 0 Å². The minimum Gasteiger partial charge on any atom is -0.348 e. The molecule has 0 aliphatic carbocycles. The SMILES string of the molecule is Cc1cnc(N2CCC(C(=O)N3CCc4sccc4C3)CC2)s1. The van der Waals surface area contributed by atoms with Gasteiger partial charge in [0.1, 0.15) is 0 Å². The molecule has 0 unspecified atom stereocenters. The molecular weight excluding hydrogens is 326 g/mol. The number of hydrogen-bond acceptors (Lipinski definition) is 5. The van der Waals surface area contributed by atoms with Gasteiger partial charge in [-0.3, -0.25) is 4.79 Å². The standard InChI is InChI=1S/C17H21N3OS2/c1-12-10-18-17(23-12)19-6-2-13(3-7-19)16(21)20-8-4-15-14(11-20)5-9-22-15/h5,9-10,13H,2-4,6-8,11H2,1H3. The van der Waals surface area contributed by atoms with E-state index in [-0.39, 0.29) is 5.92 Å². The molecule has 2 aliphatic rings. The molecule has 6 heteroatoms. The number of anilines is 1. The lowest BCUT2D eigenvalue weighted by molar-refractivity contribution is -0.137. The Bertz CT molecular complexity index is 700. The van der Waals surface area contributed by atoms with E-state index in [1.165, 1.54) is 15.3 Å². The van der Waals surface area contributed by atoms with Crippen molar-refractivity contribution in [3.8, 4) is 0 Å². The van der Waals surface area contributed by atoms with Crippen LogP contribution >= 0.6 is 22.7 Å². The van der Waals surface area contributed by atoms with E-state index >= 15 is 0 Å². The first kappa shape index (κ1) is 15.1. The van der Waals surface area contributed by atoms with Crippen LogP contribution in [0, 0.1) is 12.8 Å². The number of aromatic nitrogens is 1. The fourth-order valence-corrected chi connectivity index (χ4v) is 5.20. The van der Waals surface area contributed by atoms with Crippen molar-refractivity contribution in [2.24, 2.45) is 5.92 Å². The number of nitrogens with zero attached hydrogens (tertiary/aromatic N) is 3. The third-order valence-corrected chi connectivity index (χ3v) is 6.84. The molecule has 4 nitrogen and oxygen atoms in total. The predicted octanol–water partition coefficient (Wildman–Crippen LogP) is 3.31. The van der Waals surface area contributed by atoms with E-state index < -0.39 is 0 Å². The molecule has 2 aromatic rings. The van der Waals surface area contributed by atoms with Gasteiger partial charge in [-0.15, -0.1) is 22.7 Å². The first-order chi connectivity index (χ1) is 11.2. The molecule has 2 aromatic heterocycles. The second-order valence-electron chi connectivity index (χ2n) is 6.39. The lowest BCUT2D eigenvalue weighted by Gasteiger charge is -2.35. The number of rotatable bonds is 2. The van der Waals surface area contributed by atoms with Gasteiger partial charge < -0.3 is 9.80 Å². The maximum atomic E-state index is 12.8. The smallest absolute Gasteiger partial charge is 0.226 e. The van der Waals surface area contributed by atoms with Crippen molar-refractivity contribution >= 4 is 33.7 Å². The van der Waals surface area contributed by atoms with Gasteiger partial charge in [0.05, 0.1) is 0 Å². The van der Waals surface area contributed by atoms with Crippen LogP contribution in [0.2, 0.25) is 0 Å². The Morgan fingerprint density at radius 2 is 2.13 bits per heavy atom. The number of thiophene rings is 1. The van der Waals surface area contributed by atoms with Gasteiger partial charge in [-0.05, 0) is 43.2 Å². The molecule has 0 atom stereocenters. The van der Waals surface area contributed by atoms with Crippen LogP contribution in [0.4, 0.5) is 5.13 Å². The monoisotopic (exact) mass is 347 g/mol. The zero-order valence-corrected chi connectivity index (χ0v) is 15.0. The third-order valence-electron chi connectivity index (χ3n) is 4.84. The van der Waals surface area contributed by atoms with Crippen LogP contribution in [0.15, 0.2) is 17.6 Å². The minimum absolute atomic E-state index is 0.187. The number of thiazole rings is 1. The fourth-order valence-electron chi connectivity index (χ4n) is 3.50. The highest BCUT2D eigenvalue weighted by Crippen LogP contribution is 2.30. The van der Waals surface area contributed by atoms with E-state index in [1.54, 1.807) is 11.3 Å². The summed E-state index contributed by atoms with van der Waals surface area (Å²) < 4.78 is 0. The minimum atomic E-state index is 0.187. The van der Waals surface area contributed by atoms with E-state index in [1.807, 2.05) is 17.5 Å². The van der Waals surface area contributed by atoms with Crippen LogP contribution in [0.1, 0.15) is 28.2 Å². The van der Waals surface area contributed by atoms with Crippen molar-refractivity contribution in [3.63, 3.8) is 0 Å². The van der Waals surface area contributed by atoms with Gasteiger partial charge in [0.25, 0.3) is 0 Å². The highest BCUT2D eigenvalue weighted by molar-refractivity contribution is 7.15. The summed E-state index contributed by atoms with van der Waals surface area (Å²) in [5.41, 5.74) is 1.35. The normalized spacial score (nSPS) is 19.0. The van der Waals surface area contributed by atoms with Gasteiger partial charge in [0, 0.05) is 48.0 Å². The molecule has 1 fully saturated rings. The number of aryl methyl sites for hydroxylation is 1. The summed E-state index contributed by atoms with van der Waals surface area (Å²) in [6, 6.07) is 2.17. The second kappa shape index (κ2) is 6.24. The summed E-state index contributed by atoms with van der Waals surface area (Å²) in [5.74, 6) is 0.546. The molecule has 1 amide bonds. The summed E-state index contributed by atoms with van der Waals surface area (Å²) in [7, 11) is 0. The van der Waals surface area contributed by atoms with Crippen molar-refractivity contribution in [1.29, 1.82) is 0 Å². The summed E-state index contributed by atoms with van der Waals surface area (Å²) in [6.07, 6.45) is 4.86. The van der Waals surface area contributed by atoms with Crippen molar-refractivity contribution < 1.29 is 4.79 Å². The number of carbonyl (C=O) groups excluding carboxylic acids is 1. The molecule has 2 aliphatic heterocycles. The number of hydrogen-bond donors (Lipinski definition) is 0. The zero-order valence-electron chi connectivity index (χ0n) is 13.3. The Hall–Kier alpha value is -1.40. The van der Waals surface area contributed by atoms with E-state index in [2.05, 4.69) is 33.2 Å². The average molecular weight is 348 g/mol. The van der Waals surface area contributed by atoms with Gasteiger partial charge >= 0.3 is 0 Å². The molecule has 23 heavy (non-hydrogen) atoms. The third kappa shape index (κ3) is 3.02. The largest absolute Gasteiger partial charge is 0.348 e. The topological polar surface area (TPSA) is 36.4 Å². The number of piperidine rings is 1. The first-order valence-electron chi connectivity index (χ1n) is 8.22. The van der Waals surface area contributed by atoms with Crippen molar-refractivity contribution in [3.05, 3.63) is 33.0 Å². The summed E-state index contributed by atoms with van der Waals surface area (Å²) >= 11 is 3.57. The molecule has 0 aromatic carbocycles. The van der Waals surface area contributed by atoms with Crippen LogP contribution < -0.4 is 4.90 Å². The molecule has 122 valence electrons. The van der Waals surface area contributed by atoms with E-state index in [0.717, 1.165) is 50.6 Å². The Morgan fingerprint density at radius 3 is 2.87 bits per heavy atom. The fraction of sp³-hybridized carbons (Fsp3) is 0.529. The predicted molar refractivity (Wildman–Crippen MR) is 95.2 cm³/mol. The Morgan fingerprint density at radius 1 is 1.30 bits per heavy atom. The van der Waals surface area contributed by atoms with Crippen LogP contribution in [-0.4, -0.2) is 35.4 Å². The lowest BCUT2D eigenvalue weighted by Crippen LogP contribution is -2.44. The maximum absolute atomic E-state index is 12.8. The van der Waals surface area contributed by atoms with Crippen LogP contribution in [0.25, 0.3) is 0 Å². The molecule has 0 bridgehead atoms. The lowest BCUT2D eigenvalue weighted by atomic mass is 9.94. The van der Waals surface area contributed by atoms with Crippen LogP contribution in [0.5, 0.6) is 0 Å². The highest BCUT2D eigenvalue weighted by Gasteiger charge is 2.31. The van der Waals surface area contributed by atoms with E-state index in [9.17, 15) is 4.79 Å². The summed E-state index contributed by atoms with van der Waals surface area (Å²) in [5, 5.41) is 3.25. The molecule has 4 rings (SSSR count). The maximum Gasteiger partial charge on any atom is 0.226 e. The molecule has 0 saturated carbocycles. The number of amides is 1. The van der Waals surface area contributed by atoms with Gasteiger partial charge in [0.15, 0.2) is 5.13 Å². The van der Waals surface area contributed by atoms with Crippen molar-refractivity contribution in [2.75, 3.05) is 24.5 Å². The Balaban J connectivity index is 1.36. The second-order valence-corrected chi connectivity index (χ2v) is 8.61. The molecule has 4 heterocycles. The van der Waals surface area contributed by atoms with Crippen LogP contribution in [-0.2, 0) is 17.8 Å². The highest BCUT2D eigenvalue weighted by atomic mass is 32.1. The number of fused-ring (bicyclic) bond motifs is 1. The number of carbonyl (C=O) groups is 1. The molecule has 0 N–H and O–H groups in total. The zero-order chi connectivity index (χ0) is 15.8. The molecule has 1 saturated heterocycles. The van der Waals surface area contributed by atoms with E-state index in [4.69, 9.17) is 0 Å². The van der Waals surface area contributed by atoms with Crippen molar-refractivity contribution in [1.82, 2.24) is 9.88 Å². The van der Waals surface area contributed by atoms with Gasteiger partial charge in [-0.25, -0.2) is 4.98 Å². The first-order valence-corrected chi connectivity index (χ1v) is 9.92. The summed E-state index contributed by atoms with van der Waals surface area (Å²) in [6.45, 7) is 5.68.